The molecule has 1 N–H and O–H groups in total. The van der Waals surface area contributed by atoms with Crippen molar-refractivity contribution in [1.29, 1.82) is 5.26 Å². The van der Waals surface area contributed by atoms with Crippen molar-refractivity contribution in [1.82, 2.24) is 10.2 Å². The van der Waals surface area contributed by atoms with E-state index in [4.69, 9.17) is 0 Å². The van der Waals surface area contributed by atoms with E-state index in [1.807, 2.05) is 60.5 Å². The fourth-order valence-electron chi connectivity index (χ4n) is 2.16. The predicted octanol–water partition coefficient (Wildman–Crippen LogP) is 2.44. The molecule has 22 heavy (non-hydrogen) atoms. The van der Waals surface area contributed by atoms with Crippen LogP contribution < -0.4 is 5.32 Å². The number of carbonyl (C=O) groups excluding carboxylic acids is 1. The lowest BCUT2D eigenvalue weighted by Gasteiger charge is -2.22. The Balaban J connectivity index is 1.89. The minimum atomic E-state index is -0.368. The summed E-state index contributed by atoms with van der Waals surface area (Å²) in [5.41, 5.74) is 1.74. The molecular formula is C18H19N3O. The van der Waals surface area contributed by atoms with Gasteiger partial charge in [0.15, 0.2) is 0 Å². The van der Waals surface area contributed by atoms with Crippen molar-refractivity contribution in [3.05, 3.63) is 71.8 Å². The fraction of sp³-hybridized carbons (Fsp3) is 0.222. The maximum Gasteiger partial charge on any atom is 0.251 e. The third-order valence-corrected chi connectivity index (χ3v) is 3.45. The molecule has 0 aliphatic carbocycles. The minimum Gasteiger partial charge on any atom is -0.349 e. The van der Waals surface area contributed by atoms with E-state index in [2.05, 4.69) is 11.4 Å². The van der Waals surface area contributed by atoms with Gasteiger partial charge in [0.2, 0.25) is 0 Å². The highest BCUT2D eigenvalue weighted by molar-refractivity contribution is 5.94. The third-order valence-electron chi connectivity index (χ3n) is 3.45. The molecule has 2 rings (SSSR count). The largest absolute Gasteiger partial charge is 0.349 e. The zero-order valence-corrected chi connectivity index (χ0v) is 12.6. The van der Waals surface area contributed by atoms with Crippen LogP contribution in [0.15, 0.2) is 60.7 Å². The molecule has 0 aromatic heterocycles. The molecule has 4 nitrogen and oxygen atoms in total. The predicted molar refractivity (Wildman–Crippen MR) is 86.1 cm³/mol. The number of hydrogen-bond donors (Lipinski definition) is 1. The van der Waals surface area contributed by atoms with E-state index in [1.165, 1.54) is 0 Å². The summed E-state index contributed by atoms with van der Waals surface area (Å²) in [6.07, 6.45) is 0. The van der Waals surface area contributed by atoms with Crippen molar-refractivity contribution < 1.29 is 4.79 Å². The van der Waals surface area contributed by atoms with Gasteiger partial charge >= 0.3 is 0 Å². The molecule has 0 heterocycles. The van der Waals surface area contributed by atoms with E-state index in [0.717, 1.165) is 5.56 Å². The molecule has 0 spiro atoms. The van der Waals surface area contributed by atoms with Crippen LogP contribution in [0.25, 0.3) is 0 Å². The van der Waals surface area contributed by atoms with Gasteiger partial charge < -0.3 is 5.32 Å². The summed E-state index contributed by atoms with van der Waals surface area (Å²) < 4.78 is 0. The third kappa shape index (κ3) is 4.44. The van der Waals surface area contributed by atoms with Gasteiger partial charge in [0.1, 0.15) is 6.04 Å². The van der Waals surface area contributed by atoms with Crippen LogP contribution in [-0.4, -0.2) is 30.4 Å². The first-order valence-corrected chi connectivity index (χ1v) is 7.17. The Morgan fingerprint density at radius 1 is 1.14 bits per heavy atom. The second-order valence-electron chi connectivity index (χ2n) is 5.12. The van der Waals surface area contributed by atoms with E-state index in [0.29, 0.717) is 18.7 Å². The highest BCUT2D eigenvalue weighted by Gasteiger charge is 2.15. The Labute approximate surface area is 131 Å². The number of nitrogens with one attached hydrogen (secondary N) is 1. The van der Waals surface area contributed by atoms with Gasteiger partial charge in [-0.3, -0.25) is 9.69 Å². The maximum atomic E-state index is 12.0. The molecule has 0 saturated carbocycles. The minimum absolute atomic E-state index is 0.158. The lowest BCUT2D eigenvalue weighted by molar-refractivity contribution is 0.0944. The van der Waals surface area contributed by atoms with Gasteiger partial charge in [-0.15, -0.1) is 0 Å². The van der Waals surface area contributed by atoms with E-state index in [-0.39, 0.29) is 11.9 Å². The van der Waals surface area contributed by atoms with Crippen LogP contribution >= 0.6 is 0 Å². The summed E-state index contributed by atoms with van der Waals surface area (Å²) in [4.78, 5) is 13.9. The first kappa shape index (κ1) is 15.7. The SMILES string of the molecule is CN(Cc1ccccc1)[C@H](C#N)CNC(=O)c1ccccc1. The van der Waals surface area contributed by atoms with Crippen LogP contribution in [-0.2, 0) is 6.54 Å². The number of nitriles is 1. The normalized spacial score (nSPS) is 11.7. The van der Waals surface area contributed by atoms with Crippen molar-refractivity contribution in [2.24, 2.45) is 0 Å². The molecule has 0 aliphatic heterocycles. The smallest absolute Gasteiger partial charge is 0.251 e. The van der Waals surface area contributed by atoms with Gasteiger partial charge in [-0.2, -0.15) is 5.26 Å². The molecule has 112 valence electrons. The summed E-state index contributed by atoms with van der Waals surface area (Å²) in [5.74, 6) is -0.158. The van der Waals surface area contributed by atoms with Crippen LogP contribution in [0.5, 0.6) is 0 Å². The quantitative estimate of drug-likeness (QED) is 0.890. The zero-order valence-electron chi connectivity index (χ0n) is 12.6. The summed E-state index contributed by atoms with van der Waals surface area (Å²) in [7, 11) is 1.88. The van der Waals surface area contributed by atoms with Crippen LogP contribution in [0.4, 0.5) is 0 Å². The van der Waals surface area contributed by atoms with Crippen LogP contribution in [0.1, 0.15) is 15.9 Å². The molecule has 0 aliphatic rings. The van der Waals surface area contributed by atoms with E-state index in [9.17, 15) is 10.1 Å². The Kier molecular flexibility index (Phi) is 5.70. The van der Waals surface area contributed by atoms with Crippen molar-refractivity contribution in [2.75, 3.05) is 13.6 Å². The van der Waals surface area contributed by atoms with Crippen LogP contribution in [0, 0.1) is 11.3 Å². The number of amides is 1. The topological polar surface area (TPSA) is 56.1 Å². The number of benzene rings is 2. The highest BCUT2D eigenvalue weighted by atomic mass is 16.1. The Hall–Kier alpha value is -2.64. The molecule has 0 unspecified atom stereocenters. The number of hydrogen-bond acceptors (Lipinski definition) is 3. The second-order valence-corrected chi connectivity index (χ2v) is 5.12. The molecule has 4 heteroatoms. The van der Waals surface area contributed by atoms with E-state index in [1.54, 1.807) is 12.1 Å². The van der Waals surface area contributed by atoms with Crippen molar-refractivity contribution in [3.63, 3.8) is 0 Å². The highest BCUT2D eigenvalue weighted by Crippen LogP contribution is 2.06. The summed E-state index contributed by atoms with van der Waals surface area (Å²) in [6.45, 7) is 0.966. The van der Waals surface area contributed by atoms with Gasteiger partial charge in [0.05, 0.1) is 6.07 Å². The van der Waals surface area contributed by atoms with Crippen molar-refractivity contribution >= 4 is 5.91 Å². The average Bonchev–Trinajstić information content (AvgIpc) is 2.57. The number of carbonyl (C=O) groups is 1. The number of likely N-dealkylation sites (N-methyl/N-ethyl adjacent to an activating group) is 1. The first-order valence-electron chi connectivity index (χ1n) is 7.17. The standard InChI is InChI=1S/C18H19N3O/c1-21(14-15-8-4-2-5-9-15)17(12-19)13-20-18(22)16-10-6-3-7-11-16/h2-11,17H,13-14H2,1H3,(H,20,22)/t17-/m1/s1. The van der Waals surface area contributed by atoms with Gasteiger partial charge in [-0.25, -0.2) is 0 Å². The van der Waals surface area contributed by atoms with Crippen LogP contribution in [0.3, 0.4) is 0 Å². The second kappa shape index (κ2) is 7.96. The van der Waals surface area contributed by atoms with Gasteiger partial charge in [0.25, 0.3) is 5.91 Å². The van der Waals surface area contributed by atoms with Gasteiger partial charge in [-0.1, -0.05) is 48.5 Å². The molecule has 0 fully saturated rings. The lowest BCUT2D eigenvalue weighted by atomic mass is 10.2. The van der Waals surface area contributed by atoms with Gasteiger partial charge in [0, 0.05) is 18.7 Å². The zero-order chi connectivity index (χ0) is 15.8. The fourth-order valence-corrected chi connectivity index (χ4v) is 2.16. The van der Waals surface area contributed by atoms with Crippen molar-refractivity contribution in [3.8, 4) is 6.07 Å². The summed E-state index contributed by atoms with van der Waals surface area (Å²) >= 11 is 0. The van der Waals surface area contributed by atoms with Crippen LogP contribution in [0.2, 0.25) is 0 Å². The molecule has 2 aromatic carbocycles. The van der Waals surface area contributed by atoms with E-state index < -0.39 is 0 Å². The van der Waals surface area contributed by atoms with Gasteiger partial charge in [-0.05, 0) is 24.7 Å². The van der Waals surface area contributed by atoms with E-state index >= 15 is 0 Å². The molecule has 0 bridgehead atoms. The molecular weight excluding hydrogens is 274 g/mol. The molecule has 1 amide bonds. The Bertz CT molecular complexity index is 634. The number of rotatable bonds is 6. The molecule has 0 saturated heterocycles. The molecule has 2 aromatic rings. The number of nitrogens with zero attached hydrogens (tertiary/aromatic N) is 2. The van der Waals surface area contributed by atoms with Crippen molar-refractivity contribution in [2.45, 2.75) is 12.6 Å². The summed E-state index contributed by atoms with van der Waals surface area (Å²) in [5, 5.41) is 12.1. The lowest BCUT2D eigenvalue weighted by Crippen LogP contribution is -2.40. The molecule has 0 radical (unpaired) electrons. The monoisotopic (exact) mass is 293 g/mol. The average molecular weight is 293 g/mol. The maximum absolute atomic E-state index is 12.0. The summed E-state index contributed by atoms with van der Waals surface area (Å²) in [6, 6.07) is 20.8. The Morgan fingerprint density at radius 2 is 1.73 bits per heavy atom. The first-order chi connectivity index (χ1) is 10.7. The molecule has 1 atom stereocenters. The Morgan fingerprint density at radius 3 is 2.32 bits per heavy atom.